The van der Waals surface area contributed by atoms with E-state index in [9.17, 15) is 4.79 Å². The third-order valence-corrected chi connectivity index (χ3v) is 6.58. The molecule has 0 aromatic rings. The largest absolute Gasteiger partial charge is 0.382 e. The summed E-state index contributed by atoms with van der Waals surface area (Å²) in [7, 11) is 1.67. The predicted molar refractivity (Wildman–Crippen MR) is 89.1 cm³/mol. The van der Waals surface area contributed by atoms with Crippen LogP contribution in [0.1, 0.15) is 44.9 Å². The van der Waals surface area contributed by atoms with Crippen molar-refractivity contribution < 1.29 is 14.3 Å². The van der Waals surface area contributed by atoms with Crippen molar-refractivity contribution >= 4 is 21.8 Å². The lowest BCUT2D eigenvalue weighted by Gasteiger charge is -2.59. The molecule has 0 heterocycles. The van der Waals surface area contributed by atoms with Crippen molar-refractivity contribution in [2.75, 3.05) is 33.5 Å². The van der Waals surface area contributed by atoms with Gasteiger partial charge in [-0.15, -0.1) is 0 Å². The highest BCUT2D eigenvalue weighted by molar-refractivity contribution is 9.10. The first-order valence-electron chi connectivity index (χ1n) is 8.59. The van der Waals surface area contributed by atoms with E-state index in [4.69, 9.17) is 9.47 Å². The number of alkyl halides is 1. The monoisotopic (exact) mass is 373 g/mol. The lowest BCUT2D eigenvalue weighted by atomic mass is 9.49. The second-order valence-electron chi connectivity index (χ2n) is 7.61. The van der Waals surface area contributed by atoms with E-state index in [2.05, 4.69) is 21.2 Å². The Morgan fingerprint density at radius 1 is 1.18 bits per heavy atom. The fourth-order valence-electron chi connectivity index (χ4n) is 5.22. The Hall–Kier alpha value is -0.130. The van der Waals surface area contributed by atoms with Gasteiger partial charge in [-0.1, -0.05) is 15.9 Å². The summed E-state index contributed by atoms with van der Waals surface area (Å²) in [6.07, 6.45) is 7.99. The van der Waals surface area contributed by atoms with Gasteiger partial charge in [-0.25, -0.2) is 0 Å². The van der Waals surface area contributed by atoms with Crippen molar-refractivity contribution in [2.24, 2.45) is 17.3 Å². The standard InChI is InChI=1S/C17H28BrNO3/c1-21-5-6-22-4-2-3-19-15(20)16-8-13-7-14(9-16)11-17(18,10-13)12-16/h13-14H,2-12H2,1H3,(H,19,20). The number of halogens is 1. The molecule has 4 bridgehead atoms. The number of carbonyl (C=O) groups excluding carboxylic acids is 1. The third-order valence-electron chi connectivity index (χ3n) is 5.65. The lowest BCUT2D eigenvalue weighted by molar-refractivity contribution is -0.144. The maximum atomic E-state index is 12.8. The molecular weight excluding hydrogens is 346 g/mol. The van der Waals surface area contributed by atoms with Gasteiger partial charge in [0.25, 0.3) is 0 Å². The quantitative estimate of drug-likeness (QED) is 0.525. The van der Waals surface area contributed by atoms with Gasteiger partial charge < -0.3 is 14.8 Å². The maximum Gasteiger partial charge on any atom is 0.226 e. The third kappa shape index (κ3) is 3.51. The van der Waals surface area contributed by atoms with Crippen LogP contribution in [0.5, 0.6) is 0 Å². The maximum absolute atomic E-state index is 12.8. The van der Waals surface area contributed by atoms with Crippen LogP contribution in [0.2, 0.25) is 0 Å². The van der Waals surface area contributed by atoms with E-state index in [-0.39, 0.29) is 9.74 Å². The molecule has 0 spiro atoms. The van der Waals surface area contributed by atoms with Crippen molar-refractivity contribution in [1.82, 2.24) is 5.32 Å². The molecular formula is C17H28BrNO3. The molecule has 0 aliphatic heterocycles. The number of nitrogens with one attached hydrogen (secondary N) is 1. The summed E-state index contributed by atoms with van der Waals surface area (Å²) in [4.78, 5) is 12.8. The highest BCUT2D eigenvalue weighted by Gasteiger charge is 2.59. The summed E-state index contributed by atoms with van der Waals surface area (Å²) >= 11 is 3.97. The Bertz CT molecular complexity index is 401. The zero-order valence-electron chi connectivity index (χ0n) is 13.5. The highest BCUT2D eigenvalue weighted by Crippen LogP contribution is 2.64. The molecule has 1 amide bonds. The van der Waals surface area contributed by atoms with Gasteiger partial charge in [-0.05, 0) is 56.8 Å². The molecule has 4 nitrogen and oxygen atoms in total. The molecule has 0 aromatic carbocycles. The van der Waals surface area contributed by atoms with Crippen molar-refractivity contribution in [3.63, 3.8) is 0 Å². The molecule has 4 aliphatic rings. The van der Waals surface area contributed by atoms with E-state index >= 15 is 0 Å². The van der Waals surface area contributed by atoms with Gasteiger partial charge in [-0.3, -0.25) is 4.79 Å². The van der Waals surface area contributed by atoms with Crippen LogP contribution in [0.15, 0.2) is 0 Å². The minimum atomic E-state index is -0.0928. The van der Waals surface area contributed by atoms with Crippen molar-refractivity contribution in [2.45, 2.75) is 49.3 Å². The number of hydrogen-bond donors (Lipinski definition) is 1. The van der Waals surface area contributed by atoms with Gasteiger partial charge in [0.2, 0.25) is 5.91 Å². The molecule has 2 atom stereocenters. The minimum Gasteiger partial charge on any atom is -0.382 e. The first-order valence-corrected chi connectivity index (χ1v) is 9.38. The van der Waals surface area contributed by atoms with Crippen LogP contribution in [0.4, 0.5) is 0 Å². The minimum absolute atomic E-state index is 0.0928. The van der Waals surface area contributed by atoms with Crippen LogP contribution in [0.25, 0.3) is 0 Å². The summed E-state index contributed by atoms with van der Waals surface area (Å²) in [5.74, 6) is 1.80. The van der Waals surface area contributed by atoms with Crippen LogP contribution in [0, 0.1) is 17.3 Å². The molecule has 1 N–H and O–H groups in total. The predicted octanol–water partition coefficient (Wildman–Crippen LogP) is 2.89. The summed E-state index contributed by atoms with van der Waals surface area (Å²) in [6, 6.07) is 0. The number of ether oxygens (including phenoxy) is 2. The van der Waals surface area contributed by atoms with E-state index in [1.54, 1.807) is 7.11 Å². The molecule has 4 fully saturated rings. The molecule has 4 saturated carbocycles. The van der Waals surface area contributed by atoms with E-state index < -0.39 is 0 Å². The molecule has 22 heavy (non-hydrogen) atoms. The first kappa shape index (κ1) is 16.7. The molecule has 4 rings (SSSR count). The number of rotatable bonds is 8. The number of hydrogen-bond acceptors (Lipinski definition) is 3. The number of amides is 1. The van der Waals surface area contributed by atoms with E-state index in [0.717, 1.165) is 44.1 Å². The molecule has 126 valence electrons. The summed E-state index contributed by atoms with van der Waals surface area (Å²) < 4.78 is 10.6. The van der Waals surface area contributed by atoms with Crippen molar-refractivity contribution in [3.05, 3.63) is 0 Å². The zero-order valence-corrected chi connectivity index (χ0v) is 15.1. The summed E-state index contributed by atoms with van der Waals surface area (Å²) in [6.45, 7) is 2.66. The van der Waals surface area contributed by atoms with Gasteiger partial charge in [0, 0.05) is 24.6 Å². The summed E-state index contributed by atoms with van der Waals surface area (Å²) in [5, 5.41) is 3.18. The zero-order chi connectivity index (χ0) is 15.6. The number of methoxy groups -OCH3 is 1. The average Bonchev–Trinajstić information content (AvgIpc) is 2.43. The van der Waals surface area contributed by atoms with E-state index in [1.165, 1.54) is 19.3 Å². The molecule has 0 saturated heterocycles. The average molecular weight is 374 g/mol. The topological polar surface area (TPSA) is 47.6 Å². The normalized spacial score (nSPS) is 39.2. The van der Waals surface area contributed by atoms with Crippen LogP contribution < -0.4 is 5.32 Å². The Balaban J connectivity index is 1.44. The second kappa shape index (κ2) is 6.78. The SMILES string of the molecule is COCCOCCCNC(=O)C12CC3CC(CC(Br)(C3)C1)C2. The summed E-state index contributed by atoms with van der Waals surface area (Å²) in [5.41, 5.74) is -0.0928. The van der Waals surface area contributed by atoms with Gasteiger partial charge in [0.05, 0.1) is 18.6 Å². The first-order chi connectivity index (χ1) is 10.6. The van der Waals surface area contributed by atoms with Crippen molar-refractivity contribution in [1.29, 1.82) is 0 Å². The number of carbonyl (C=O) groups is 1. The van der Waals surface area contributed by atoms with Crippen LogP contribution >= 0.6 is 15.9 Å². The molecule has 0 radical (unpaired) electrons. The fraction of sp³-hybridized carbons (Fsp3) is 0.941. The van der Waals surface area contributed by atoms with Crippen molar-refractivity contribution in [3.8, 4) is 0 Å². The van der Waals surface area contributed by atoms with Gasteiger partial charge in [0.15, 0.2) is 0 Å². The van der Waals surface area contributed by atoms with Gasteiger partial charge in [0.1, 0.15) is 0 Å². The molecule has 2 unspecified atom stereocenters. The van der Waals surface area contributed by atoms with Gasteiger partial charge in [-0.2, -0.15) is 0 Å². The van der Waals surface area contributed by atoms with Crippen LogP contribution in [-0.4, -0.2) is 43.7 Å². The Morgan fingerprint density at radius 2 is 1.91 bits per heavy atom. The van der Waals surface area contributed by atoms with E-state index in [0.29, 0.717) is 25.7 Å². The van der Waals surface area contributed by atoms with Crippen LogP contribution in [0.3, 0.4) is 0 Å². The lowest BCUT2D eigenvalue weighted by Crippen LogP contribution is -2.58. The second-order valence-corrected chi connectivity index (χ2v) is 9.29. The van der Waals surface area contributed by atoms with Crippen LogP contribution in [-0.2, 0) is 14.3 Å². The van der Waals surface area contributed by atoms with Gasteiger partial charge >= 0.3 is 0 Å². The molecule has 5 heteroatoms. The van der Waals surface area contributed by atoms with E-state index in [1.807, 2.05) is 0 Å². The molecule has 4 aliphatic carbocycles. The Morgan fingerprint density at radius 3 is 2.55 bits per heavy atom. The Kier molecular flexibility index (Phi) is 5.15. The Labute approximate surface area is 141 Å². The fourth-order valence-corrected chi connectivity index (χ4v) is 6.68. The molecule has 0 aromatic heterocycles. The smallest absolute Gasteiger partial charge is 0.226 e. The highest BCUT2D eigenvalue weighted by atomic mass is 79.9.